The van der Waals surface area contributed by atoms with Gasteiger partial charge in [0.05, 0.1) is 9.81 Å². The van der Waals surface area contributed by atoms with Crippen LogP contribution in [0, 0.1) is 0 Å². The molecule has 4 rings (SSSR count). The highest BCUT2D eigenvalue weighted by Gasteiger charge is 2.41. The highest BCUT2D eigenvalue weighted by atomic mass is 32.2. The normalized spacial score (nSPS) is 23.5. The Kier molecular flexibility index (Phi) is 11.0. The van der Waals surface area contributed by atoms with E-state index < -0.39 is 0 Å². The molecule has 0 aromatic heterocycles. The molecule has 4 amide bonds. The summed E-state index contributed by atoms with van der Waals surface area (Å²) in [4.78, 5) is 54.4. The van der Waals surface area contributed by atoms with Gasteiger partial charge in [-0.05, 0) is 38.5 Å². The molecule has 2 aliphatic heterocycles. The van der Waals surface area contributed by atoms with Crippen LogP contribution in [-0.4, -0.2) is 67.2 Å². The van der Waals surface area contributed by atoms with Crippen molar-refractivity contribution in [3.05, 3.63) is 9.81 Å². The molecule has 0 spiro atoms. The molecule has 0 radical (unpaired) electrons. The van der Waals surface area contributed by atoms with Gasteiger partial charge >= 0.3 is 0 Å². The molecule has 2 saturated carbocycles. The second-order valence-electron chi connectivity index (χ2n) is 10.3. The summed E-state index contributed by atoms with van der Waals surface area (Å²) in [5.74, 6) is -0.591. The van der Waals surface area contributed by atoms with Gasteiger partial charge in [0.25, 0.3) is 11.8 Å². The minimum absolute atomic E-state index is 0.00985. The molecule has 4 fully saturated rings. The number of hydrogen-bond donors (Lipinski definition) is 2. The first-order valence-electron chi connectivity index (χ1n) is 13.7. The zero-order chi connectivity index (χ0) is 27.1. The molecular formula is C26H36N4O4S4. The van der Waals surface area contributed by atoms with Crippen LogP contribution in [0.25, 0.3) is 0 Å². The first kappa shape index (κ1) is 29.5. The summed E-state index contributed by atoms with van der Waals surface area (Å²) in [5.41, 5.74) is 0. The van der Waals surface area contributed by atoms with Crippen molar-refractivity contribution in [1.29, 1.82) is 0 Å². The van der Waals surface area contributed by atoms with E-state index >= 15 is 0 Å². The standard InChI is InChI=1S/C26H36N4O4S4/c31-19(27-17-9-3-1-4-10-17)13-7-15-29-23(33)21(37-25(29)35)22-24(34)30(26(36)38-22)16-8-14-20(32)28-18-11-5-2-6-12-18/h17-18H,1-16H2,(H,27,31)(H,28,32). The topological polar surface area (TPSA) is 98.8 Å². The van der Waals surface area contributed by atoms with E-state index in [2.05, 4.69) is 10.6 Å². The number of thiocarbonyl (C=S) groups is 2. The zero-order valence-corrected chi connectivity index (χ0v) is 24.9. The Morgan fingerprint density at radius 2 is 1.05 bits per heavy atom. The van der Waals surface area contributed by atoms with Gasteiger partial charge in [0.15, 0.2) is 0 Å². The van der Waals surface area contributed by atoms with Gasteiger partial charge < -0.3 is 10.6 Å². The lowest BCUT2D eigenvalue weighted by molar-refractivity contribution is -0.125. The fraction of sp³-hybridized carbons (Fsp3) is 0.692. The van der Waals surface area contributed by atoms with Gasteiger partial charge in [-0.15, -0.1) is 0 Å². The third kappa shape index (κ3) is 7.79. The van der Waals surface area contributed by atoms with Crippen LogP contribution in [0.2, 0.25) is 0 Å². The van der Waals surface area contributed by atoms with Gasteiger partial charge in [0, 0.05) is 38.0 Å². The number of nitrogens with one attached hydrogen (secondary N) is 2. The molecular weight excluding hydrogens is 561 g/mol. The Bertz CT molecular complexity index is 927. The monoisotopic (exact) mass is 596 g/mol. The molecule has 2 saturated heterocycles. The third-order valence-corrected chi connectivity index (χ3v) is 10.4. The first-order valence-corrected chi connectivity index (χ1v) is 16.2. The lowest BCUT2D eigenvalue weighted by atomic mass is 9.95. The lowest BCUT2D eigenvalue weighted by Gasteiger charge is -2.23. The van der Waals surface area contributed by atoms with Crippen molar-refractivity contribution < 1.29 is 19.2 Å². The molecule has 8 nitrogen and oxygen atoms in total. The van der Waals surface area contributed by atoms with E-state index in [1.807, 2.05) is 0 Å². The maximum Gasteiger partial charge on any atom is 0.267 e. The number of amides is 4. The van der Waals surface area contributed by atoms with Crippen LogP contribution in [0.4, 0.5) is 0 Å². The predicted molar refractivity (Wildman–Crippen MR) is 159 cm³/mol. The van der Waals surface area contributed by atoms with E-state index in [1.165, 1.54) is 22.6 Å². The van der Waals surface area contributed by atoms with Crippen molar-refractivity contribution in [3.8, 4) is 0 Å². The summed E-state index contributed by atoms with van der Waals surface area (Å²) in [6.07, 6.45) is 12.9. The van der Waals surface area contributed by atoms with E-state index in [0.29, 0.717) is 57.2 Å². The molecule has 0 aromatic rings. The van der Waals surface area contributed by atoms with Gasteiger partial charge in [-0.3, -0.25) is 29.0 Å². The average molecular weight is 597 g/mol. The molecule has 2 aliphatic carbocycles. The van der Waals surface area contributed by atoms with E-state index in [9.17, 15) is 19.2 Å². The zero-order valence-electron chi connectivity index (χ0n) is 21.6. The van der Waals surface area contributed by atoms with Crippen molar-refractivity contribution in [2.75, 3.05) is 13.1 Å². The smallest absolute Gasteiger partial charge is 0.267 e. The molecule has 0 bridgehead atoms. The summed E-state index contributed by atoms with van der Waals surface area (Å²) < 4.78 is 0.782. The Morgan fingerprint density at radius 1 is 0.684 bits per heavy atom. The maximum atomic E-state index is 13.1. The summed E-state index contributed by atoms with van der Waals surface area (Å²) in [6, 6.07) is 0.530. The SMILES string of the molecule is O=C(CCCN1C(=O)C(=C2SC(=S)N(CCCC(=O)NC3CCCCC3)C2=O)SC1=S)NC1CCCCC1. The van der Waals surface area contributed by atoms with Gasteiger partial charge in [0.1, 0.15) is 8.64 Å². The minimum atomic E-state index is -0.306. The fourth-order valence-electron chi connectivity index (χ4n) is 5.34. The van der Waals surface area contributed by atoms with Crippen LogP contribution >= 0.6 is 48.0 Å². The summed E-state index contributed by atoms with van der Waals surface area (Å²) in [6.45, 7) is 0.672. The molecule has 0 aromatic carbocycles. The van der Waals surface area contributed by atoms with Crippen LogP contribution < -0.4 is 10.6 Å². The third-order valence-electron chi connectivity index (χ3n) is 7.42. The molecule has 38 heavy (non-hydrogen) atoms. The van der Waals surface area contributed by atoms with Crippen molar-refractivity contribution in [1.82, 2.24) is 20.4 Å². The lowest BCUT2D eigenvalue weighted by Crippen LogP contribution is -2.37. The Labute approximate surface area is 243 Å². The van der Waals surface area contributed by atoms with Crippen LogP contribution in [0.3, 0.4) is 0 Å². The minimum Gasteiger partial charge on any atom is -0.353 e. The van der Waals surface area contributed by atoms with Gasteiger partial charge in [0.2, 0.25) is 11.8 Å². The van der Waals surface area contributed by atoms with Crippen LogP contribution in [0.5, 0.6) is 0 Å². The van der Waals surface area contributed by atoms with Crippen molar-refractivity contribution >= 4 is 80.2 Å². The highest BCUT2D eigenvalue weighted by molar-refractivity contribution is 8.29. The molecule has 208 valence electrons. The van der Waals surface area contributed by atoms with Crippen molar-refractivity contribution in [2.45, 2.75) is 102 Å². The molecule has 0 atom stereocenters. The number of hydrogen-bond acceptors (Lipinski definition) is 8. The van der Waals surface area contributed by atoms with Gasteiger partial charge in [-0.25, -0.2) is 0 Å². The first-order chi connectivity index (χ1) is 18.3. The van der Waals surface area contributed by atoms with Gasteiger partial charge in [-0.1, -0.05) is 86.5 Å². The molecule has 12 heteroatoms. The molecule has 2 heterocycles. The van der Waals surface area contributed by atoms with Crippen molar-refractivity contribution in [2.24, 2.45) is 0 Å². The summed E-state index contributed by atoms with van der Waals surface area (Å²) in [7, 11) is 0. The second kappa shape index (κ2) is 14.2. The predicted octanol–water partition coefficient (Wildman–Crippen LogP) is 4.38. The summed E-state index contributed by atoms with van der Waals surface area (Å²) in [5, 5.41) is 6.19. The number of rotatable bonds is 10. The number of carbonyl (C=O) groups excluding carboxylic acids is 4. The van der Waals surface area contributed by atoms with E-state index in [4.69, 9.17) is 24.4 Å². The maximum absolute atomic E-state index is 13.1. The second-order valence-corrected chi connectivity index (χ2v) is 13.6. The average Bonchev–Trinajstić information content (AvgIpc) is 3.34. The van der Waals surface area contributed by atoms with Gasteiger partial charge in [-0.2, -0.15) is 0 Å². The molecule has 0 unspecified atom stereocenters. The van der Waals surface area contributed by atoms with E-state index in [-0.39, 0.29) is 35.7 Å². The van der Waals surface area contributed by atoms with Crippen LogP contribution in [0.1, 0.15) is 89.9 Å². The van der Waals surface area contributed by atoms with E-state index in [0.717, 1.165) is 74.9 Å². The number of carbonyl (C=O) groups is 4. The highest BCUT2D eigenvalue weighted by Crippen LogP contribution is 2.42. The van der Waals surface area contributed by atoms with E-state index in [1.54, 1.807) is 0 Å². The largest absolute Gasteiger partial charge is 0.353 e. The fourth-order valence-corrected chi connectivity index (χ4v) is 8.12. The van der Waals surface area contributed by atoms with Crippen LogP contribution in [-0.2, 0) is 19.2 Å². The number of thioether (sulfide) groups is 2. The Balaban J connectivity index is 1.24. The van der Waals surface area contributed by atoms with Crippen LogP contribution in [0.15, 0.2) is 9.81 Å². The molecule has 4 aliphatic rings. The quantitative estimate of drug-likeness (QED) is 0.283. The van der Waals surface area contributed by atoms with Crippen molar-refractivity contribution in [3.63, 3.8) is 0 Å². The summed E-state index contributed by atoms with van der Waals surface area (Å²) >= 11 is 13.1. The number of nitrogens with zero attached hydrogens (tertiary/aromatic N) is 2. The Hall–Kier alpha value is -1.50. The molecule has 2 N–H and O–H groups in total. The Morgan fingerprint density at radius 3 is 1.42 bits per heavy atom.